The lowest BCUT2D eigenvalue weighted by Gasteiger charge is -2.12. The molecule has 0 spiro atoms. The fraction of sp³-hybridized carbons (Fsp3) is 0.200. The van der Waals surface area contributed by atoms with E-state index in [0.29, 0.717) is 22.3 Å². The Balaban J connectivity index is 2.56. The predicted octanol–water partition coefficient (Wildman–Crippen LogP) is 4.44. The van der Waals surface area contributed by atoms with Crippen molar-refractivity contribution in [3.63, 3.8) is 0 Å². The largest absolute Gasteiger partial charge is 0.495 e. The first-order valence-corrected chi connectivity index (χ1v) is 6.65. The molecule has 0 unspecified atom stereocenters. The molecule has 2 aromatic rings. The summed E-state index contributed by atoms with van der Waals surface area (Å²) in [5, 5.41) is 1.16. The van der Waals surface area contributed by atoms with E-state index in [1.54, 1.807) is 13.2 Å². The summed E-state index contributed by atoms with van der Waals surface area (Å²) in [5.74, 6) is 0.576. The molecule has 0 saturated heterocycles. The number of methoxy groups -OCH3 is 1. The fourth-order valence-electron chi connectivity index (χ4n) is 2.05. The second kappa shape index (κ2) is 5.83. The van der Waals surface area contributed by atoms with Gasteiger partial charge in [-0.25, -0.2) is 0 Å². The van der Waals surface area contributed by atoms with Gasteiger partial charge in [0.05, 0.1) is 17.2 Å². The summed E-state index contributed by atoms with van der Waals surface area (Å²) in [5.41, 5.74) is 9.79. The predicted molar refractivity (Wildman–Crippen MR) is 81.1 cm³/mol. The van der Waals surface area contributed by atoms with Gasteiger partial charge in [0.15, 0.2) is 0 Å². The first kappa shape index (κ1) is 14.2. The molecule has 0 heterocycles. The second-order valence-corrected chi connectivity index (χ2v) is 5.13. The van der Waals surface area contributed by atoms with Gasteiger partial charge < -0.3 is 10.5 Å². The Kier molecular flexibility index (Phi) is 4.35. The molecule has 0 fully saturated rings. The highest BCUT2D eigenvalue weighted by Crippen LogP contribution is 2.37. The summed E-state index contributed by atoms with van der Waals surface area (Å²) in [6.07, 6.45) is 0. The van der Waals surface area contributed by atoms with Crippen molar-refractivity contribution in [1.82, 2.24) is 0 Å². The zero-order chi connectivity index (χ0) is 14.0. The first-order valence-electron chi connectivity index (χ1n) is 5.89. The Bertz CT molecular complexity index is 611. The van der Waals surface area contributed by atoms with Crippen molar-refractivity contribution in [3.8, 4) is 16.9 Å². The third-order valence-electron chi connectivity index (χ3n) is 3.06. The van der Waals surface area contributed by atoms with Gasteiger partial charge in [0.1, 0.15) is 5.75 Å². The van der Waals surface area contributed by atoms with Gasteiger partial charge in [0.25, 0.3) is 0 Å². The van der Waals surface area contributed by atoms with Crippen molar-refractivity contribution in [2.24, 2.45) is 5.73 Å². The molecule has 2 rings (SSSR count). The number of rotatable bonds is 3. The molecular formula is C15H15Cl2NO. The van der Waals surface area contributed by atoms with Gasteiger partial charge in [-0.3, -0.25) is 0 Å². The molecule has 0 atom stereocenters. The zero-order valence-corrected chi connectivity index (χ0v) is 12.3. The Morgan fingerprint density at radius 1 is 1.05 bits per heavy atom. The average molecular weight is 296 g/mol. The highest BCUT2D eigenvalue weighted by Gasteiger charge is 2.11. The van der Waals surface area contributed by atoms with Crippen LogP contribution in [0.4, 0.5) is 0 Å². The number of nitrogens with two attached hydrogens (primary N) is 1. The van der Waals surface area contributed by atoms with Crippen molar-refractivity contribution in [2.45, 2.75) is 13.5 Å². The van der Waals surface area contributed by atoms with E-state index in [1.165, 1.54) is 0 Å². The van der Waals surface area contributed by atoms with Crippen molar-refractivity contribution in [3.05, 3.63) is 51.5 Å². The van der Waals surface area contributed by atoms with E-state index >= 15 is 0 Å². The van der Waals surface area contributed by atoms with Crippen LogP contribution in [0, 0.1) is 6.92 Å². The van der Waals surface area contributed by atoms with Crippen LogP contribution in [0.5, 0.6) is 5.75 Å². The Hall–Kier alpha value is -1.22. The maximum absolute atomic E-state index is 6.30. The second-order valence-electron chi connectivity index (χ2n) is 4.32. The summed E-state index contributed by atoms with van der Waals surface area (Å²) in [6.45, 7) is 2.56. The lowest BCUT2D eigenvalue weighted by atomic mass is 9.98. The molecule has 2 N–H and O–H groups in total. The molecular weight excluding hydrogens is 281 g/mol. The van der Waals surface area contributed by atoms with Crippen LogP contribution in [0.3, 0.4) is 0 Å². The third-order valence-corrected chi connectivity index (χ3v) is 3.67. The van der Waals surface area contributed by atoms with Crippen molar-refractivity contribution < 1.29 is 4.74 Å². The molecule has 0 amide bonds. The molecule has 19 heavy (non-hydrogen) atoms. The Morgan fingerprint density at radius 2 is 1.79 bits per heavy atom. The first-order chi connectivity index (χ1) is 9.06. The highest BCUT2D eigenvalue weighted by atomic mass is 35.5. The fourth-order valence-corrected chi connectivity index (χ4v) is 2.54. The number of hydrogen-bond acceptors (Lipinski definition) is 2. The summed E-state index contributed by atoms with van der Waals surface area (Å²) in [7, 11) is 1.57. The van der Waals surface area contributed by atoms with Crippen molar-refractivity contribution in [1.29, 1.82) is 0 Å². The van der Waals surface area contributed by atoms with Gasteiger partial charge >= 0.3 is 0 Å². The quantitative estimate of drug-likeness (QED) is 0.909. The molecule has 0 aliphatic carbocycles. The smallest absolute Gasteiger partial charge is 0.138 e. The van der Waals surface area contributed by atoms with Crippen LogP contribution in [-0.4, -0.2) is 7.11 Å². The minimum absolute atomic E-state index is 0.526. The topological polar surface area (TPSA) is 35.2 Å². The van der Waals surface area contributed by atoms with Gasteiger partial charge in [-0.15, -0.1) is 0 Å². The van der Waals surface area contributed by atoms with E-state index in [4.69, 9.17) is 33.7 Å². The number of ether oxygens (including phenoxy) is 1. The van der Waals surface area contributed by atoms with Crippen LogP contribution < -0.4 is 10.5 Å². The molecule has 0 aliphatic rings. The van der Waals surface area contributed by atoms with E-state index in [-0.39, 0.29) is 0 Å². The zero-order valence-electron chi connectivity index (χ0n) is 10.8. The Labute approximate surface area is 123 Å². The average Bonchev–Trinajstić information content (AvgIpc) is 2.41. The van der Waals surface area contributed by atoms with Crippen LogP contribution in [-0.2, 0) is 6.54 Å². The summed E-state index contributed by atoms with van der Waals surface area (Å²) in [4.78, 5) is 0. The molecule has 2 aromatic carbocycles. The number of halogens is 2. The number of hydrogen-bond donors (Lipinski definition) is 1. The maximum Gasteiger partial charge on any atom is 0.138 e. The third kappa shape index (κ3) is 2.86. The van der Waals surface area contributed by atoms with Crippen LogP contribution in [0.25, 0.3) is 11.1 Å². The SMILES string of the molecule is COc1cc(Cl)c(-c2ccc(CN)cc2C)cc1Cl. The maximum atomic E-state index is 6.30. The molecule has 0 aromatic heterocycles. The standard InChI is InChI=1S/C15H15Cl2NO/c1-9-5-10(8-18)3-4-11(9)12-6-14(17)15(19-2)7-13(12)16/h3-7H,8,18H2,1-2H3. The van der Waals surface area contributed by atoms with E-state index in [9.17, 15) is 0 Å². The van der Waals surface area contributed by atoms with E-state index < -0.39 is 0 Å². The summed E-state index contributed by atoms with van der Waals surface area (Å²) in [6, 6.07) is 9.63. The van der Waals surface area contributed by atoms with Crippen LogP contribution in [0.2, 0.25) is 10.0 Å². The van der Waals surface area contributed by atoms with Crippen LogP contribution in [0.1, 0.15) is 11.1 Å². The molecule has 0 saturated carbocycles. The van der Waals surface area contributed by atoms with Gasteiger partial charge in [-0.05, 0) is 29.7 Å². The van der Waals surface area contributed by atoms with Crippen molar-refractivity contribution >= 4 is 23.2 Å². The lowest BCUT2D eigenvalue weighted by molar-refractivity contribution is 0.415. The van der Waals surface area contributed by atoms with Crippen LogP contribution in [0.15, 0.2) is 30.3 Å². The molecule has 0 radical (unpaired) electrons. The molecule has 100 valence electrons. The van der Waals surface area contributed by atoms with Crippen molar-refractivity contribution in [2.75, 3.05) is 7.11 Å². The summed E-state index contributed by atoms with van der Waals surface area (Å²) >= 11 is 12.5. The molecule has 0 aliphatic heterocycles. The van der Waals surface area contributed by atoms with Gasteiger partial charge in [0.2, 0.25) is 0 Å². The molecule has 2 nitrogen and oxygen atoms in total. The minimum Gasteiger partial charge on any atom is -0.495 e. The summed E-state index contributed by atoms with van der Waals surface area (Å²) < 4.78 is 5.15. The minimum atomic E-state index is 0.526. The van der Waals surface area contributed by atoms with Gasteiger partial charge in [-0.1, -0.05) is 41.4 Å². The number of benzene rings is 2. The van der Waals surface area contributed by atoms with E-state index in [0.717, 1.165) is 22.3 Å². The lowest BCUT2D eigenvalue weighted by Crippen LogP contribution is -1.97. The van der Waals surface area contributed by atoms with Crippen LogP contribution >= 0.6 is 23.2 Å². The normalized spacial score (nSPS) is 10.6. The van der Waals surface area contributed by atoms with E-state index in [1.807, 2.05) is 25.1 Å². The molecule has 4 heteroatoms. The number of aryl methyl sites for hydroxylation is 1. The van der Waals surface area contributed by atoms with Gasteiger partial charge in [-0.2, -0.15) is 0 Å². The van der Waals surface area contributed by atoms with E-state index in [2.05, 4.69) is 6.07 Å². The van der Waals surface area contributed by atoms with Gasteiger partial charge in [0, 0.05) is 18.2 Å². The Morgan fingerprint density at radius 3 is 2.37 bits per heavy atom. The highest BCUT2D eigenvalue weighted by molar-refractivity contribution is 6.36. The molecule has 0 bridgehead atoms. The monoisotopic (exact) mass is 295 g/mol.